The SMILES string of the molecule is CCCCCCCCCCCCCC(=O)OCCCN(C)CCSSCCN(C)CCCOC(=O)CCCCCCCCCCCCC. The summed E-state index contributed by atoms with van der Waals surface area (Å²) in [5.41, 5.74) is 0. The molecule has 8 heteroatoms. The molecule has 0 amide bonds. The van der Waals surface area contributed by atoms with E-state index < -0.39 is 0 Å². The molecule has 0 N–H and O–H groups in total. The Kier molecular flexibility index (Phi) is 39.0. The Morgan fingerprint density at radius 1 is 0.417 bits per heavy atom. The summed E-state index contributed by atoms with van der Waals surface area (Å²) < 4.78 is 10.9. The van der Waals surface area contributed by atoms with Crippen molar-refractivity contribution in [1.29, 1.82) is 0 Å². The highest BCUT2D eigenvalue weighted by Crippen LogP contribution is 2.21. The molecule has 0 aromatic heterocycles. The van der Waals surface area contributed by atoms with Crippen molar-refractivity contribution in [1.82, 2.24) is 9.80 Å². The van der Waals surface area contributed by atoms with E-state index in [2.05, 4.69) is 37.7 Å². The van der Waals surface area contributed by atoms with Gasteiger partial charge in [-0.25, -0.2) is 0 Å². The van der Waals surface area contributed by atoms with Crippen LogP contribution in [0.4, 0.5) is 0 Å². The van der Waals surface area contributed by atoms with Gasteiger partial charge in [-0.1, -0.05) is 164 Å². The number of hydrogen-bond donors (Lipinski definition) is 0. The van der Waals surface area contributed by atoms with Gasteiger partial charge in [0.2, 0.25) is 0 Å². The van der Waals surface area contributed by atoms with E-state index in [1.165, 1.54) is 116 Å². The van der Waals surface area contributed by atoms with Crippen molar-refractivity contribution < 1.29 is 19.1 Å². The van der Waals surface area contributed by atoms with Crippen LogP contribution in [0.2, 0.25) is 0 Å². The molecule has 48 heavy (non-hydrogen) atoms. The van der Waals surface area contributed by atoms with E-state index in [0.717, 1.165) is 76.2 Å². The van der Waals surface area contributed by atoms with E-state index in [-0.39, 0.29) is 11.9 Å². The average molecular weight is 717 g/mol. The molecule has 0 saturated heterocycles. The van der Waals surface area contributed by atoms with Crippen molar-refractivity contribution in [3.63, 3.8) is 0 Å². The van der Waals surface area contributed by atoms with E-state index in [0.29, 0.717) is 26.1 Å². The molecule has 0 saturated carbocycles. The predicted octanol–water partition coefficient (Wildman–Crippen LogP) is 11.5. The van der Waals surface area contributed by atoms with Crippen molar-refractivity contribution in [3.8, 4) is 0 Å². The van der Waals surface area contributed by atoms with Crippen LogP contribution in [0.1, 0.15) is 181 Å². The van der Waals surface area contributed by atoms with Crippen LogP contribution in [-0.4, -0.2) is 86.7 Å². The molecule has 286 valence electrons. The van der Waals surface area contributed by atoms with Crippen LogP contribution in [0, 0.1) is 0 Å². The van der Waals surface area contributed by atoms with Crippen LogP contribution in [0.5, 0.6) is 0 Å². The van der Waals surface area contributed by atoms with Gasteiger partial charge in [0, 0.05) is 50.5 Å². The number of carbonyl (C=O) groups excluding carboxylic acids is 2. The summed E-state index contributed by atoms with van der Waals surface area (Å²) in [6.07, 6.45) is 31.5. The highest BCUT2D eigenvalue weighted by atomic mass is 33.1. The first-order valence-corrected chi connectivity index (χ1v) is 22.9. The van der Waals surface area contributed by atoms with Gasteiger partial charge in [-0.15, -0.1) is 0 Å². The molecule has 0 aliphatic heterocycles. The number of nitrogens with zero attached hydrogens (tertiary/aromatic N) is 2. The predicted molar refractivity (Wildman–Crippen MR) is 213 cm³/mol. The minimum Gasteiger partial charge on any atom is -0.466 e. The molecule has 0 bridgehead atoms. The van der Waals surface area contributed by atoms with Crippen LogP contribution in [0.25, 0.3) is 0 Å². The maximum absolute atomic E-state index is 12.0. The molecule has 6 nitrogen and oxygen atoms in total. The second kappa shape index (κ2) is 39.3. The summed E-state index contributed by atoms with van der Waals surface area (Å²) in [5, 5.41) is 0. The molecule has 0 spiro atoms. The number of esters is 2. The summed E-state index contributed by atoms with van der Waals surface area (Å²) >= 11 is 0. The lowest BCUT2D eigenvalue weighted by Gasteiger charge is -2.17. The Bertz CT molecular complexity index is 630. The van der Waals surface area contributed by atoms with Crippen LogP contribution in [0.15, 0.2) is 0 Å². The standard InChI is InChI=1S/C40H80N2O4S2/c1-5-7-9-11-13-15-17-19-21-23-25-29-39(43)45-35-27-31-41(3)33-37-47-48-38-34-42(4)32-28-36-46-40(44)30-26-24-22-20-18-16-14-12-10-8-6-2/h5-38H2,1-4H3. The summed E-state index contributed by atoms with van der Waals surface area (Å²) in [5.74, 6) is 2.14. The lowest BCUT2D eigenvalue weighted by Crippen LogP contribution is -2.24. The second-order valence-electron chi connectivity index (χ2n) is 14.0. The molecular weight excluding hydrogens is 637 g/mol. The third kappa shape index (κ3) is 38.4. The largest absolute Gasteiger partial charge is 0.466 e. The molecule has 0 aliphatic rings. The topological polar surface area (TPSA) is 59.1 Å². The molecule has 0 aliphatic carbocycles. The summed E-state index contributed by atoms with van der Waals surface area (Å²) in [7, 11) is 8.16. The lowest BCUT2D eigenvalue weighted by molar-refractivity contribution is -0.144. The molecule has 0 radical (unpaired) electrons. The van der Waals surface area contributed by atoms with Crippen LogP contribution < -0.4 is 0 Å². The van der Waals surface area contributed by atoms with Gasteiger partial charge in [0.1, 0.15) is 0 Å². The summed E-state index contributed by atoms with van der Waals surface area (Å²) in [4.78, 5) is 28.7. The molecule has 0 atom stereocenters. The second-order valence-corrected chi connectivity index (χ2v) is 16.7. The average Bonchev–Trinajstić information content (AvgIpc) is 3.08. The Labute approximate surface area is 307 Å². The first kappa shape index (κ1) is 47.6. The normalized spacial score (nSPS) is 11.5. The first-order valence-electron chi connectivity index (χ1n) is 20.4. The van der Waals surface area contributed by atoms with E-state index in [9.17, 15) is 9.59 Å². The van der Waals surface area contributed by atoms with Gasteiger partial charge in [-0.05, 0) is 39.8 Å². The molecule has 0 aromatic rings. The number of rotatable bonds is 39. The third-order valence-electron chi connectivity index (χ3n) is 9.06. The van der Waals surface area contributed by atoms with E-state index in [4.69, 9.17) is 9.47 Å². The number of unbranched alkanes of at least 4 members (excludes halogenated alkanes) is 20. The molecule has 0 fully saturated rings. The monoisotopic (exact) mass is 717 g/mol. The quantitative estimate of drug-likeness (QED) is 0.0354. The van der Waals surface area contributed by atoms with E-state index in [1.54, 1.807) is 0 Å². The zero-order valence-corrected chi connectivity index (χ0v) is 34.0. The molecule has 0 rings (SSSR count). The van der Waals surface area contributed by atoms with Gasteiger partial charge in [0.15, 0.2) is 0 Å². The van der Waals surface area contributed by atoms with Gasteiger partial charge >= 0.3 is 11.9 Å². The van der Waals surface area contributed by atoms with Crippen LogP contribution >= 0.6 is 21.6 Å². The zero-order chi connectivity index (χ0) is 35.2. The molecule has 0 unspecified atom stereocenters. The Morgan fingerprint density at radius 2 is 0.708 bits per heavy atom. The van der Waals surface area contributed by atoms with Crippen molar-refractivity contribution in [2.24, 2.45) is 0 Å². The third-order valence-corrected chi connectivity index (χ3v) is 11.4. The lowest BCUT2D eigenvalue weighted by atomic mass is 10.1. The number of carbonyl (C=O) groups is 2. The van der Waals surface area contributed by atoms with Crippen molar-refractivity contribution in [2.45, 2.75) is 181 Å². The fourth-order valence-electron chi connectivity index (χ4n) is 5.78. The fourth-order valence-corrected chi connectivity index (χ4v) is 7.94. The summed E-state index contributed by atoms with van der Waals surface area (Å²) in [6.45, 7) is 9.62. The van der Waals surface area contributed by atoms with Gasteiger partial charge in [-0.2, -0.15) is 0 Å². The van der Waals surface area contributed by atoms with Crippen LogP contribution in [0.3, 0.4) is 0 Å². The Hall–Kier alpha value is -0.440. The zero-order valence-electron chi connectivity index (χ0n) is 32.4. The molecular formula is C40H80N2O4S2. The fraction of sp³-hybridized carbons (Fsp3) is 0.950. The molecule has 0 aromatic carbocycles. The van der Waals surface area contributed by atoms with E-state index in [1.807, 2.05) is 21.6 Å². The summed E-state index contributed by atoms with van der Waals surface area (Å²) in [6, 6.07) is 0. The van der Waals surface area contributed by atoms with Gasteiger partial charge in [0.25, 0.3) is 0 Å². The number of hydrogen-bond acceptors (Lipinski definition) is 8. The maximum atomic E-state index is 12.0. The van der Waals surface area contributed by atoms with Crippen molar-refractivity contribution in [3.05, 3.63) is 0 Å². The molecule has 0 heterocycles. The first-order chi connectivity index (χ1) is 23.5. The maximum Gasteiger partial charge on any atom is 0.305 e. The Morgan fingerprint density at radius 3 is 1.02 bits per heavy atom. The highest BCUT2D eigenvalue weighted by molar-refractivity contribution is 8.76. The smallest absolute Gasteiger partial charge is 0.305 e. The Balaban J connectivity index is 3.41. The van der Waals surface area contributed by atoms with Gasteiger partial charge in [0.05, 0.1) is 13.2 Å². The van der Waals surface area contributed by atoms with Gasteiger partial charge in [-0.3, -0.25) is 9.59 Å². The highest BCUT2D eigenvalue weighted by Gasteiger charge is 2.06. The van der Waals surface area contributed by atoms with Crippen molar-refractivity contribution >= 4 is 33.5 Å². The van der Waals surface area contributed by atoms with Gasteiger partial charge < -0.3 is 19.3 Å². The number of ether oxygens (including phenoxy) is 2. The minimum atomic E-state index is -0.0265. The van der Waals surface area contributed by atoms with E-state index >= 15 is 0 Å². The minimum absolute atomic E-state index is 0.0265. The van der Waals surface area contributed by atoms with Crippen molar-refractivity contribution in [2.75, 3.05) is 65.0 Å². The van der Waals surface area contributed by atoms with Crippen LogP contribution in [-0.2, 0) is 19.1 Å².